The number of nitrogens with zero attached hydrogens (tertiary/aromatic N) is 3. The van der Waals surface area contributed by atoms with Gasteiger partial charge in [-0.1, -0.05) is 23.7 Å². The summed E-state index contributed by atoms with van der Waals surface area (Å²) in [6.45, 7) is 0.437. The van der Waals surface area contributed by atoms with Crippen molar-refractivity contribution in [2.24, 2.45) is 0 Å². The number of hydrogen-bond donors (Lipinski definition) is 1. The number of benzene rings is 1. The van der Waals surface area contributed by atoms with Crippen molar-refractivity contribution in [3.8, 4) is 0 Å². The standard InChI is InChI=1S/C14H13ClN4O2/c1-21-8-12-17-11(15)6-13(18-12)19-7-14(20)16-9-4-2-3-5-10(9)19/h2-6H,7-8H2,1H3,(H,16,20). The van der Waals surface area contributed by atoms with Gasteiger partial charge in [-0.25, -0.2) is 9.97 Å². The van der Waals surface area contributed by atoms with Gasteiger partial charge in [-0.3, -0.25) is 4.79 Å². The molecule has 0 fully saturated rings. The van der Waals surface area contributed by atoms with Crippen LogP contribution in [0, 0.1) is 0 Å². The van der Waals surface area contributed by atoms with Gasteiger partial charge in [0, 0.05) is 13.2 Å². The quantitative estimate of drug-likeness (QED) is 0.882. The molecular formula is C14H13ClN4O2. The Hall–Kier alpha value is -2.18. The van der Waals surface area contributed by atoms with E-state index < -0.39 is 0 Å². The van der Waals surface area contributed by atoms with Crippen LogP contribution in [0.4, 0.5) is 17.2 Å². The fraction of sp³-hybridized carbons (Fsp3) is 0.214. The Balaban J connectivity index is 2.06. The number of fused-ring (bicyclic) bond motifs is 1. The molecule has 1 amide bonds. The largest absolute Gasteiger partial charge is 0.377 e. The summed E-state index contributed by atoms with van der Waals surface area (Å²) in [7, 11) is 1.56. The van der Waals surface area contributed by atoms with Gasteiger partial charge < -0.3 is 15.0 Å². The maximum Gasteiger partial charge on any atom is 0.244 e. The number of rotatable bonds is 3. The summed E-state index contributed by atoms with van der Waals surface area (Å²) < 4.78 is 5.03. The Morgan fingerprint density at radius 3 is 3.00 bits per heavy atom. The smallest absolute Gasteiger partial charge is 0.244 e. The summed E-state index contributed by atoms with van der Waals surface area (Å²) in [4.78, 5) is 22.2. The van der Waals surface area contributed by atoms with Crippen LogP contribution < -0.4 is 10.2 Å². The number of anilines is 3. The van der Waals surface area contributed by atoms with Gasteiger partial charge in [-0.2, -0.15) is 0 Å². The van der Waals surface area contributed by atoms with E-state index in [0.29, 0.717) is 16.8 Å². The minimum absolute atomic E-state index is 0.100. The highest BCUT2D eigenvalue weighted by molar-refractivity contribution is 6.29. The highest BCUT2D eigenvalue weighted by Crippen LogP contribution is 2.34. The van der Waals surface area contributed by atoms with Crippen LogP contribution in [0.1, 0.15) is 5.82 Å². The molecule has 1 aliphatic rings. The average Bonchev–Trinajstić information content (AvgIpc) is 2.46. The molecule has 2 aromatic rings. The van der Waals surface area contributed by atoms with Crippen molar-refractivity contribution < 1.29 is 9.53 Å². The number of amides is 1. The molecule has 108 valence electrons. The minimum atomic E-state index is -0.100. The van der Waals surface area contributed by atoms with Gasteiger partial charge in [0.1, 0.15) is 24.1 Å². The van der Waals surface area contributed by atoms with E-state index in [0.717, 1.165) is 11.4 Å². The Morgan fingerprint density at radius 2 is 2.19 bits per heavy atom. The van der Waals surface area contributed by atoms with E-state index in [2.05, 4.69) is 15.3 Å². The number of carbonyl (C=O) groups excluding carboxylic acids is 1. The van der Waals surface area contributed by atoms with E-state index in [1.165, 1.54) is 0 Å². The highest BCUT2D eigenvalue weighted by Gasteiger charge is 2.24. The molecule has 0 atom stereocenters. The van der Waals surface area contributed by atoms with Crippen molar-refractivity contribution in [1.82, 2.24) is 9.97 Å². The summed E-state index contributed by atoms with van der Waals surface area (Å²) >= 11 is 6.03. The zero-order chi connectivity index (χ0) is 14.8. The Kier molecular flexibility index (Phi) is 3.72. The van der Waals surface area contributed by atoms with Gasteiger partial charge in [-0.15, -0.1) is 0 Å². The van der Waals surface area contributed by atoms with E-state index in [1.54, 1.807) is 18.1 Å². The van der Waals surface area contributed by atoms with Gasteiger partial charge >= 0.3 is 0 Å². The minimum Gasteiger partial charge on any atom is -0.377 e. The molecule has 1 aromatic carbocycles. The molecule has 0 aliphatic carbocycles. The molecule has 3 rings (SSSR count). The van der Waals surface area contributed by atoms with E-state index >= 15 is 0 Å². The van der Waals surface area contributed by atoms with Crippen LogP contribution in [0.5, 0.6) is 0 Å². The van der Waals surface area contributed by atoms with Crippen LogP contribution in [0.25, 0.3) is 0 Å². The lowest BCUT2D eigenvalue weighted by atomic mass is 10.2. The second-order valence-electron chi connectivity index (χ2n) is 4.55. The molecular weight excluding hydrogens is 292 g/mol. The zero-order valence-electron chi connectivity index (χ0n) is 11.3. The van der Waals surface area contributed by atoms with E-state index in [4.69, 9.17) is 16.3 Å². The van der Waals surface area contributed by atoms with Crippen molar-refractivity contribution in [1.29, 1.82) is 0 Å². The number of hydrogen-bond acceptors (Lipinski definition) is 5. The number of ether oxygens (including phenoxy) is 1. The van der Waals surface area contributed by atoms with Crippen LogP contribution in [0.2, 0.25) is 5.15 Å². The van der Waals surface area contributed by atoms with Crippen LogP contribution in [0.15, 0.2) is 30.3 Å². The van der Waals surface area contributed by atoms with Gasteiger partial charge in [0.25, 0.3) is 0 Å². The van der Waals surface area contributed by atoms with Gasteiger partial charge in [0.15, 0.2) is 5.82 Å². The third-order valence-corrected chi connectivity index (χ3v) is 3.24. The fourth-order valence-electron chi connectivity index (χ4n) is 2.22. The van der Waals surface area contributed by atoms with Crippen molar-refractivity contribution >= 4 is 34.7 Å². The molecule has 1 aromatic heterocycles. The molecule has 0 radical (unpaired) electrons. The van der Waals surface area contributed by atoms with E-state index in [-0.39, 0.29) is 19.1 Å². The summed E-state index contributed by atoms with van der Waals surface area (Å²) in [5.41, 5.74) is 1.62. The van der Waals surface area contributed by atoms with Crippen molar-refractivity contribution in [2.45, 2.75) is 6.61 Å². The zero-order valence-corrected chi connectivity index (χ0v) is 12.1. The van der Waals surface area contributed by atoms with Crippen molar-refractivity contribution in [3.05, 3.63) is 41.3 Å². The number of carbonyl (C=O) groups is 1. The predicted molar refractivity (Wildman–Crippen MR) is 79.8 cm³/mol. The molecule has 0 saturated heterocycles. The number of methoxy groups -OCH3 is 1. The second kappa shape index (κ2) is 5.67. The van der Waals surface area contributed by atoms with Crippen LogP contribution in [-0.2, 0) is 16.1 Å². The maximum absolute atomic E-state index is 11.9. The first kappa shape index (κ1) is 13.8. The number of aromatic nitrogens is 2. The normalized spacial score (nSPS) is 13.8. The molecule has 2 heterocycles. The molecule has 21 heavy (non-hydrogen) atoms. The van der Waals surface area contributed by atoms with Crippen LogP contribution >= 0.6 is 11.6 Å². The lowest BCUT2D eigenvalue weighted by Crippen LogP contribution is -2.35. The van der Waals surface area contributed by atoms with Gasteiger partial charge in [-0.05, 0) is 12.1 Å². The predicted octanol–water partition coefficient (Wildman–Crippen LogP) is 2.37. The third-order valence-electron chi connectivity index (χ3n) is 3.05. The summed E-state index contributed by atoms with van der Waals surface area (Å²) in [5.74, 6) is 0.949. The SMILES string of the molecule is COCc1nc(Cl)cc(N2CC(=O)Nc3ccccc32)n1. The van der Waals surface area contributed by atoms with E-state index in [1.807, 2.05) is 24.3 Å². The molecule has 1 N–H and O–H groups in total. The summed E-state index contributed by atoms with van der Waals surface area (Å²) in [5, 5.41) is 3.15. The average molecular weight is 305 g/mol. The highest BCUT2D eigenvalue weighted by atomic mass is 35.5. The molecule has 6 nitrogen and oxygen atoms in total. The number of nitrogens with one attached hydrogen (secondary N) is 1. The fourth-order valence-corrected chi connectivity index (χ4v) is 2.42. The van der Waals surface area contributed by atoms with Gasteiger partial charge in [0.2, 0.25) is 5.91 Å². The second-order valence-corrected chi connectivity index (χ2v) is 4.94. The topological polar surface area (TPSA) is 67.3 Å². The summed E-state index contributed by atoms with van der Waals surface area (Å²) in [6.07, 6.45) is 0. The first-order valence-electron chi connectivity index (χ1n) is 6.36. The van der Waals surface area contributed by atoms with E-state index in [9.17, 15) is 4.79 Å². The Bertz CT molecular complexity index is 692. The lowest BCUT2D eigenvalue weighted by Gasteiger charge is -2.30. The summed E-state index contributed by atoms with van der Waals surface area (Å²) in [6, 6.07) is 9.17. The lowest BCUT2D eigenvalue weighted by molar-refractivity contribution is -0.115. The molecule has 1 aliphatic heterocycles. The van der Waals surface area contributed by atoms with Crippen molar-refractivity contribution in [3.63, 3.8) is 0 Å². The Morgan fingerprint density at radius 1 is 1.38 bits per heavy atom. The Labute approximate surface area is 126 Å². The first-order valence-corrected chi connectivity index (χ1v) is 6.74. The molecule has 0 bridgehead atoms. The first-order chi connectivity index (χ1) is 10.2. The molecule has 0 saturated carbocycles. The number of halogens is 1. The third kappa shape index (κ3) is 2.81. The number of para-hydroxylation sites is 2. The van der Waals surface area contributed by atoms with Crippen LogP contribution in [-0.4, -0.2) is 29.5 Å². The molecule has 7 heteroatoms. The van der Waals surface area contributed by atoms with Crippen LogP contribution in [0.3, 0.4) is 0 Å². The molecule has 0 spiro atoms. The molecule has 0 unspecified atom stereocenters. The van der Waals surface area contributed by atoms with Crippen molar-refractivity contribution in [2.75, 3.05) is 23.9 Å². The van der Waals surface area contributed by atoms with Gasteiger partial charge in [0.05, 0.1) is 11.4 Å². The monoisotopic (exact) mass is 304 g/mol. The maximum atomic E-state index is 11.9.